The predicted octanol–water partition coefficient (Wildman–Crippen LogP) is 3.90. The first-order chi connectivity index (χ1) is 11.2. The zero-order valence-electron chi connectivity index (χ0n) is 13.1. The number of Topliss-reactive ketones (excluding diaryl/α,β-unsaturated/α-hetero) is 1. The number of aryl methyl sites for hydroxylation is 2. The fourth-order valence-corrected chi connectivity index (χ4v) is 2.51. The van der Waals surface area contributed by atoms with E-state index >= 15 is 0 Å². The number of rotatable bonds is 7. The quantitative estimate of drug-likeness (QED) is 0.490. The van der Waals surface area contributed by atoms with Crippen LogP contribution in [0.5, 0.6) is 0 Å². The van der Waals surface area contributed by atoms with E-state index in [1.165, 1.54) is 0 Å². The number of carbonyl (C=O) groups excluding carboxylic acids is 1. The molecule has 2 aromatic heterocycles. The molecule has 0 aliphatic carbocycles. The first-order valence-electron chi connectivity index (χ1n) is 7.76. The van der Waals surface area contributed by atoms with Gasteiger partial charge >= 0.3 is 0 Å². The van der Waals surface area contributed by atoms with Crippen LogP contribution in [-0.4, -0.2) is 20.5 Å². The zero-order chi connectivity index (χ0) is 16.1. The molecule has 2 heterocycles. The molecule has 3 aromatic rings. The monoisotopic (exact) mass is 309 g/mol. The summed E-state index contributed by atoms with van der Waals surface area (Å²) in [5.41, 5.74) is 2.48. The lowest BCUT2D eigenvalue weighted by atomic mass is 10.1. The lowest BCUT2D eigenvalue weighted by Crippen LogP contribution is -2.01. The number of aromatic nitrogens is 3. The van der Waals surface area contributed by atoms with Gasteiger partial charge in [-0.05, 0) is 25.3 Å². The van der Waals surface area contributed by atoms with E-state index in [0.717, 1.165) is 30.5 Å². The van der Waals surface area contributed by atoms with Crippen molar-refractivity contribution in [3.05, 3.63) is 60.3 Å². The Kier molecular flexibility index (Phi) is 4.66. The third-order valence-corrected chi connectivity index (χ3v) is 3.84. The first kappa shape index (κ1) is 15.2. The Balaban J connectivity index is 1.55. The van der Waals surface area contributed by atoms with Gasteiger partial charge in [-0.1, -0.05) is 29.4 Å². The van der Waals surface area contributed by atoms with Crippen LogP contribution in [-0.2, 0) is 6.54 Å². The Hall–Kier alpha value is -2.69. The first-order valence-corrected chi connectivity index (χ1v) is 7.76. The highest BCUT2D eigenvalue weighted by atomic mass is 16.5. The average molecular weight is 309 g/mol. The van der Waals surface area contributed by atoms with Crippen molar-refractivity contribution in [3.8, 4) is 11.3 Å². The summed E-state index contributed by atoms with van der Waals surface area (Å²) >= 11 is 0. The smallest absolute Gasteiger partial charge is 0.184 e. The van der Waals surface area contributed by atoms with Crippen LogP contribution in [0.15, 0.2) is 53.6 Å². The Morgan fingerprint density at radius 2 is 2.13 bits per heavy atom. The zero-order valence-corrected chi connectivity index (χ0v) is 13.1. The van der Waals surface area contributed by atoms with Crippen molar-refractivity contribution in [2.75, 3.05) is 0 Å². The summed E-state index contributed by atoms with van der Waals surface area (Å²) < 4.78 is 7.35. The third-order valence-electron chi connectivity index (χ3n) is 3.84. The molecule has 0 atom stereocenters. The van der Waals surface area contributed by atoms with Gasteiger partial charge in [-0.25, -0.2) is 4.98 Å². The molecule has 3 rings (SSSR count). The summed E-state index contributed by atoms with van der Waals surface area (Å²) in [5, 5.41) is 3.92. The summed E-state index contributed by atoms with van der Waals surface area (Å²) in [6.07, 6.45) is 7.71. The van der Waals surface area contributed by atoms with Crippen molar-refractivity contribution in [1.29, 1.82) is 0 Å². The molecule has 5 heteroatoms. The van der Waals surface area contributed by atoms with Gasteiger partial charge in [0, 0.05) is 37.0 Å². The van der Waals surface area contributed by atoms with Gasteiger partial charge in [0.15, 0.2) is 11.5 Å². The number of hydrogen-bond donors (Lipinski definition) is 0. The Morgan fingerprint density at radius 3 is 2.91 bits per heavy atom. The minimum Gasteiger partial charge on any atom is -0.356 e. The molecule has 118 valence electrons. The molecule has 0 saturated heterocycles. The van der Waals surface area contributed by atoms with Crippen LogP contribution in [0, 0.1) is 6.92 Å². The van der Waals surface area contributed by atoms with Gasteiger partial charge in [0.05, 0.1) is 6.33 Å². The van der Waals surface area contributed by atoms with Crippen LogP contribution in [0.2, 0.25) is 0 Å². The van der Waals surface area contributed by atoms with E-state index in [2.05, 4.69) is 10.1 Å². The van der Waals surface area contributed by atoms with E-state index in [0.29, 0.717) is 17.9 Å². The molecule has 0 amide bonds. The topological polar surface area (TPSA) is 60.9 Å². The largest absolute Gasteiger partial charge is 0.356 e. The predicted molar refractivity (Wildman–Crippen MR) is 87.1 cm³/mol. The Bertz CT molecular complexity index is 775. The SMILES string of the molecule is Cc1ccccc1-c1cc(C(=O)CCCCn2ccnc2)no1. The van der Waals surface area contributed by atoms with Crippen molar-refractivity contribution < 1.29 is 9.32 Å². The number of benzene rings is 1. The molecule has 0 saturated carbocycles. The van der Waals surface area contributed by atoms with Crippen molar-refractivity contribution in [3.63, 3.8) is 0 Å². The molecular weight excluding hydrogens is 290 g/mol. The van der Waals surface area contributed by atoms with Crippen LogP contribution in [0.25, 0.3) is 11.3 Å². The summed E-state index contributed by atoms with van der Waals surface area (Å²) in [6.45, 7) is 2.88. The molecular formula is C18H19N3O2. The van der Waals surface area contributed by atoms with Gasteiger partial charge in [-0.3, -0.25) is 4.79 Å². The molecule has 0 spiro atoms. The second kappa shape index (κ2) is 7.05. The maximum atomic E-state index is 12.2. The van der Waals surface area contributed by atoms with E-state index in [9.17, 15) is 4.79 Å². The third kappa shape index (κ3) is 3.74. The van der Waals surface area contributed by atoms with E-state index in [4.69, 9.17) is 4.52 Å². The summed E-state index contributed by atoms with van der Waals surface area (Å²) in [6, 6.07) is 9.63. The maximum Gasteiger partial charge on any atom is 0.184 e. The lowest BCUT2D eigenvalue weighted by molar-refractivity contribution is 0.0970. The highest BCUT2D eigenvalue weighted by molar-refractivity contribution is 5.94. The highest BCUT2D eigenvalue weighted by Gasteiger charge is 2.14. The lowest BCUT2D eigenvalue weighted by Gasteiger charge is -2.00. The molecule has 0 unspecified atom stereocenters. The minimum atomic E-state index is 0.0271. The summed E-state index contributed by atoms with van der Waals surface area (Å²) in [7, 11) is 0. The Labute approximate surface area is 135 Å². The van der Waals surface area contributed by atoms with Crippen LogP contribution in [0.3, 0.4) is 0 Å². The molecule has 5 nitrogen and oxygen atoms in total. The minimum absolute atomic E-state index is 0.0271. The van der Waals surface area contributed by atoms with Gasteiger partial charge in [-0.2, -0.15) is 0 Å². The Morgan fingerprint density at radius 1 is 1.26 bits per heavy atom. The second-order valence-corrected chi connectivity index (χ2v) is 5.57. The number of carbonyl (C=O) groups is 1. The van der Waals surface area contributed by atoms with Gasteiger partial charge in [0.25, 0.3) is 0 Å². The van der Waals surface area contributed by atoms with E-state index in [-0.39, 0.29) is 5.78 Å². The molecule has 0 radical (unpaired) electrons. The number of nitrogens with zero attached hydrogens (tertiary/aromatic N) is 3. The molecule has 23 heavy (non-hydrogen) atoms. The van der Waals surface area contributed by atoms with E-state index < -0.39 is 0 Å². The maximum absolute atomic E-state index is 12.2. The van der Waals surface area contributed by atoms with Crippen molar-refractivity contribution in [2.24, 2.45) is 0 Å². The molecule has 0 aliphatic heterocycles. The standard InChI is InChI=1S/C18H19N3O2/c1-14-6-2-3-7-15(14)18-12-16(20-23-18)17(22)8-4-5-10-21-11-9-19-13-21/h2-3,6-7,9,11-13H,4-5,8,10H2,1H3. The highest BCUT2D eigenvalue weighted by Crippen LogP contribution is 2.24. The normalized spacial score (nSPS) is 10.8. The number of imidazole rings is 1. The number of ketones is 1. The molecule has 0 bridgehead atoms. The van der Waals surface area contributed by atoms with Crippen molar-refractivity contribution >= 4 is 5.78 Å². The molecule has 1 aromatic carbocycles. The van der Waals surface area contributed by atoms with Crippen LogP contribution >= 0.6 is 0 Å². The van der Waals surface area contributed by atoms with Crippen molar-refractivity contribution in [1.82, 2.24) is 14.7 Å². The van der Waals surface area contributed by atoms with E-state index in [1.807, 2.05) is 42.0 Å². The summed E-state index contributed by atoms with van der Waals surface area (Å²) in [4.78, 5) is 16.2. The fraction of sp³-hybridized carbons (Fsp3) is 0.278. The number of unbranched alkanes of at least 4 members (excludes halogenated alkanes) is 1. The molecule has 0 N–H and O–H groups in total. The van der Waals surface area contributed by atoms with E-state index in [1.54, 1.807) is 18.6 Å². The summed E-state index contributed by atoms with van der Waals surface area (Å²) in [5.74, 6) is 0.670. The molecule has 0 aliphatic rings. The van der Waals surface area contributed by atoms with Crippen LogP contribution < -0.4 is 0 Å². The molecule has 0 fully saturated rings. The fourth-order valence-electron chi connectivity index (χ4n) is 2.51. The van der Waals surface area contributed by atoms with Gasteiger partial charge in [-0.15, -0.1) is 0 Å². The van der Waals surface area contributed by atoms with Crippen LogP contribution in [0.4, 0.5) is 0 Å². The van der Waals surface area contributed by atoms with Crippen molar-refractivity contribution in [2.45, 2.75) is 32.7 Å². The van der Waals surface area contributed by atoms with Gasteiger partial charge < -0.3 is 9.09 Å². The average Bonchev–Trinajstić information content (AvgIpc) is 3.23. The van der Waals surface area contributed by atoms with Gasteiger partial charge in [0.1, 0.15) is 5.69 Å². The second-order valence-electron chi connectivity index (χ2n) is 5.57. The van der Waals surface area contributed by atoms with Crippen LogP contribution in [0.1, 0.15) is 35.3 Å². The number of hydrogen-bond acceptors (Lipinski definition) is 4. The van der Waals surface area contributed by atoms with Gasteiger partial charge in [0.2, 0.25) is 0 Å².